The van der Waals surface area contributed by atoms with Crippen LogP contribution in [0.4, 0.5) is 8.78 Å². The molecule has 1 aliphatic carbocycles. The molecular weight excluding hydrogens is 520 g/mol. The number of methoxy groups -OCH3 is 1. The van der Waals surface area contributed by atoms with Gasteiger partial charge in [0.1, 0.15) is 0 Å². The van der Waals surface area contributed by atoms with Crippen LogP contribution in [0.1, 0.15) is 58.8 Å². The van der Waals surface area contributed by atoms with Crippen LogP contribution in [0.15, 0.2) is 72.8 Å². The molecule has 1 saturated heterocycles. The van der Waals surface area contributed by atoms with Crippen molar-refractivity contribution in [2.75, 3.05) is 7.11 Å². The van der Waals surface area contributed by atoms with Crippen LogP contribution in [-0.4, -0.2) is 37.4 Å². The molecule has 3 aliphatic rings. The van der Waals surface area contributed by atoms with Crippen LogP contribution in [0.25, 0.3) is 0 Å². The number of alkyl halides is 2. The number of ether oxygens (including phenoxy) is 4. The van der Waals surface area contributed by atoms with Gasteiger partial charge in [-0.25, -0.2) is 4.79 Å². The fourth-order valence-electron chi connectivity index (χ4n) is 5.65. The standard InChI is InChI=1S/C31H29F2NO6/c1-37-28(35)21-9-7-19(8-10-21)15-24-17-23(18-26(38-24)20-5-3-2-4-6-20)34-29(36)30(13-14-30)22-11-12-25-27(16-22)40-31(32,33)39-25/h2-12,16,23-24,26H,13-15,17-18H2,1H3,(H,34,36)/t23-,24+,26-/m0/s1. The number of benzene rings is 3. The second-order valence-electron chi connectivity index (χ2n) is 10.6. The number of amides is 1. The Labute approximate surface area is 230 Å². The van der Waals surface area contributed by atoms with Crippen molar-refractivity contribution in [1.29, 1.82) is 0 Å². The highest BCUT2D eigenvalue weighted by atomic mass is 19.3. The highest BCUT2D eigenvalue weighted by Gasteiger charge is 2.53. The van der Waals surface area contributed by atoms with Gasteiger partial charge in [0.2, 0.25) is 5.91 Å². The summed E-state index contributed by atoms with van der Waals surface area (Å²) in [7, 11) is 1.35. The number of nitrogens with one attached hydrogen (secondary N) is 1. The fourth-order valence-corrected chi connectivity index (χ4v) is 5.65. The van der Waals surface area contributed by atoms with Crippen LogP contribution in [0.5, 0.6) is 11.5 Å². The molecule has 0 radical (unpaired) electrons. The Bertz CT molecular complexity index is 1410. The van der Waals surface area contributed by atoms with Gasteiger partial charge in [0.05, 0.1) is 30.3 Å². The summed E-state index contributed by atoms with van der Waals surface area (Å²) in [6.45, 7) is 0. The van der Waals surface area contributed by atoms with E-state index in [0.29, 0.717) is 43.2 Å². The number of hydrogen-bond acceptors (Lipinski definition) is 6. The quantitative estimate of drug-likeness (QED) is 0.394. The van der Waals surface area contributed by atoms with Crippen molar-refractivity contribution < 1.29 is 37.3 Å². The summed E-state index contributed by atoms with van der Waals surface area (Å²) in [6, 6.07) is 21.6. The maximum absolute atomic E-state index is 13.6. The fraction of sp³-hybridized carbons (Fsp3) is 0.355. The van der Waals surface area contributed by atoms with Gasteiger partial charge in [-0.2, -0.15) is 0 Å². The number of halogens is 2. The Hall–Kier alpha value is -3.98. The lowest BCUT2D eigenvalue weighted by molar-refractivity contribution is -0.286. The van der Waals surface area contributed by atoms with Crippen LogP contribution < -0.4 is 14.8 Å². The molecule has 7 nitrogen and oxygen atoms in total. The van der Waals surface area contributed by atoms with Gasteiger partial charge in [0.15, 0.2) is 11.5 Å². The summed E-state index contributed by atoms with van der Waals surface area (Å²) in [4.78, 5) is 25.4. The number of carbonyl (C=O) groups excluding carboxylic acids is 2. The van der Waals surface area contributed by atoms with Gasteiger partial charge >= 0.3 is 12.3 Å². The van der Waals surface area contributed by atoms with Gasteiger partial charge < -0.3 is 24.3 Å². The van der Waals surface area contributed by atoms with E-state index in [1.54, 1.807) is 18.2 Å². The third kappa shape index (κ3) is 5.25. The molecule has 3 aromatic rings. The first-order valence-corrected chi connectivity index (χ1v) is 13.3. The summed E-state index contributed by atoms with van der Waals surface area (Å²) in [5, 5.41) is 3.25. The molecule has 1 saturated carbocycles. The predicted molar refractivity (Wildman–Crippen MR) is 140 cm³/mol. The molecule has 6 rings (SSSR count). The molecule has 2 fully saturated rings. The predicted octanol–water partition coefficient (Wildman–Crippen LogP) is 5.47. The molecular formula is C31H29F2NO6. The van der Waals surface area contributed by atoms with Gasteiger partial charge in [0, 0.05) is 6.04 Å². The van der Waals surface area contributed by atoms with Crippen LogP contribution in [0.2, 0.25) is 0 Å². The molecule has 2 aliphatic heterocycles. The average molecular weight is 550 g/mol. The average Bonchev–Trinajstić information content (AvgIpc) is 3.70. The summed E-state index contributed by atoms with van der Waals surface area (Å²) >= 11 is 0. The molecule has 40 heavy (non-hydrogen) atoms. The van der Waals surface area contributed by atoms with Gasteiger partial charge in [-0.15, -0.1) is 8.78 Å². The molecule has 1 amide bonds. The molecule has 208 valence electrons. The van der Waals surface area contributed by atoms with Crippen molar-refractivity contribution in [2.45, 2.75) is 62.1 Å². The first-order valence-electron chi connectivity index (χ1n) is 13.3. The molecule has 3 atom stereocenters. The van der Waals surface area contributed by atoms with E-state index >= 15 is 0 Å². The smallest absolute Gasteiger partial charge is 0.465 e. The van der Waals surface area contributed by atoms with E-state index in [2.05, 4.69) is 14.8 Å². The molecule has 9 heteroatoms. The zero-order chi connectivity index (χ0) is 27.9. The Kier molecular flexibility index (Phi) is 6.70. The SMILES string of the molecule is COC(=O)c1ccc(C[C@@H]2C[C@H](NC(=O)C3(c4ccc5c(c4)OC(F)(F)O5)CC3)C[C@@H](c3ccccc3)O2)cc1. The van der Waals surface area contributed by atoms with Gasteiger partial charge in [-0.3, -0.25) is 4.79 Å². The number of hydrogen-bond donors (Lipinski definition) is 1. The normalized spacial score (nSPS) is 23.7. The molecule has 1 N–H and O–H groups in total. The molecule has 2 heterocycles. The largest absolute Gasteiger partial charge is 0.586 e. The van der Waals surface area contributed by atoms with Crippen LogP contribution in [0.3, 0.4) is 0 Å². The van der Waals surface area contributed by atoms with E-state index in [4.69, 9.17) is 9.47 Å². The van der Waals surface area contributed by atoms with Gasteiger partial charge in [-0.05, 0) is 73.1 Å². The molecule has 0 bridgehead atoms. The molecule has 3 aromatic carbocycles. The lowest BCUT2D eigenvalue weighted by Crippen LogP contribution is -2.47. The Morgan fingerprint density at radius 2 is 1.68 bits per heavy atom. The number of carbonyl (C=O) groups is 2. The molecule has 0 aromatic heterocycles. The number of esters is 1. The van der Waals surface area contributed by atoms with Crippen LogP contribution in [-0.2, 0) is 26.1 Å². The van der Waals surface area contributed by atoms with Gasteiger partial charge in [-0.1, -0.05) is 48.5 Å². The van der Waals surface area contributed by atoms with Crippen molar-refractivity contribution in [3.63, 3.8) is 0 Å². The third-order valence-corrected chi connectivity index (χ3v) is 7.89. The zero-order valence-corrected chi connectivity index (χ0v) is 21.9. The van der Waals surface area contributed by atoms with E-state index < -0.39 is 17.7 Å². The van der Waals surface area contributed by atoms with E-state index in [1.165, 1.54) is 19.2 Å². The van der Waals surface area contributed by atoms with Crippen molar-refractivity contribution in [2.24, 2.45) is 0 Å². The van der Waals surface area contributed by atoms with Crippen molar-refractivity contribution in [1.82, 2.24) is 5.32 Å². The lowest BCUT2D eigenvalue weighted by atomic mass is 9.89. The number of rotatable bonds is 7. The van der Waals surface area contributed by atoms with Crippen molar-refractivity contribution in [3.8, 4) is 11.5 Å². The maximum atomic E-state index is 13.6. The number of fused-ring (bicyclic) bond motifs is 1. The topological polar surface area (TPSA) is 83.1 Å². The molecule has 0 spiro atoms. The summed E-state index contributed by atoms with van der Waals surface area (Å²) in [5.41, 5.74) is 2.37. The highest BCUT2D eigenvalue weighted by molar-refractivity contribution is 5.91. The Morgan fingerprint density at radius 1 is 0.950 bits per heavy atom. The first-order chi connectivity index (χ1) is 19.2. The second-order valence-corrected chi connectivity index (χ2v) is 10.6. The zero-order valence-electron chi connectivity index (χ0n) is 21.9. The van der Waals surface area contributed by atoms with E-state index in [1.807, 2.05) is 42.5 Å². The lowest BCUT2D eigenvalue weighted by Gasteiger charge is -2.37. The van der Waals surface area contributed by atoms with Gasteiger partial charge in [0.25, 0.3) is 0 Å². The van der Waals surface area contributed by atoms with Crippen molar-refractivity contribution in [3.05, 3.63) is 95.1 Å². The minimum atomic E-state index is -3.71. The first kappa shape index (κ1) is 26.3. The third-order valence-electron chi connectivity index (χ3n) is 7.89. The van der Waals surface area contributed by atoms with Crippen molar-refractivity contribution >= 4 is 11.9 Å². The minimum absolute atomic E-state index is 0.0393. The second kappa shape index (κ2) is 10.2. The monoisotopic (exact) mass is 549 g/mol. The van der Waals surface area contributed by atoms with E-state index in [-0.39, 0.29) is 35.7 Å². The van der Waals surface area contributed by atoms with Crippen LogP contribution >= 0.6 is 0 Å². The maximum Gasteiger partial charge on any atom is 0.586 e. The van der Waals surface area contributed by atoms with Crippen LogP contribution in [0, 0.1) is 0 Å². The summed E-state index contributed by atoms with van der Waals surface area (Å²) in [5.74, 6) is -0.617. The van der Waals surface area contributed by atoms with E-state index in [0.717, 1.165) is 11.1 Å². The Balaban J connectivity index is 1.18. The highest BCUT2D eigenvalue weighted by Crippen LogP contribution is 2.52. The minimum Gasteiger partial charge on any atom is -0.465 e. The summed E-state index contributed by atoms with van der Waals surface area (Å²) < 4.78 is 47.5. The Morgan fingerprint density at radius 3 is 2.38 bits per heavy atom. The van der Waals surface area contributed by atoms with E-state index in [9.17, 15) is 18.4 Å². The summed E-state index contributed by atoms with van der Waals surface area (Å²) in [6.07, 6.45) is -1.01. The molecule has 0 unspecified atom stereocenters.